The normalized spacial score (nSPS) is 11.7. The van der Waals surface area contributed by atoms with Crippen molar-refractivity contribution in [3.8, 4) is 0 Å². The number of imidazole rings is 1. The molecule has 144 valence electrons. The monoisotopic (exact) mass is 358 g/mol. The summed E-state index contributed by atoms with van der Waals surface area (Å²) in [6, 6.07) is 5.84. The maximum Gasteiger partial charge on any atom is 0.253 e. The zero-order chi connectivity index (χ0) is 19.1. The number of aryl methyl sites for hydroxylation is 1. The average Bonchev–Trinajstić information content (AvgIpc) is 3.01. The first kappa shape index (κ1) is 20.4. The molecule has 1 aromatic carbocycles. The molecule has 0 atom stereocenters. The quantitative estimate of drug-likeness (QED) is 0.700. The van der Waals surface area contributed by atoms with Gasteiger partial charge in [0.15, 0.2) is 0 Å². The number of amides is 1. The summed E-state index contributed by atoms with van der Waals surface area (Å²) in [7, 11) is 0. The lowest BCUT2D eigenvalue weighted by Crippen LogP contribution is -2.34. The summed E-state index contributed by atoms with van der Waals surface area (Å²) in [6.45, 7) is 11.9. The number of nitrogens with zero attached hydrogens (tertiary/aromatic N) is 3. The Kier molecular flexibility index (Phi) is 7.64. The lowest BCUT2D eigenvalue weighted by molar-refractivity contribution is 0.0741. The molecular formula is C21H34N4O. The van der Waals surface area contributed by atoms with E-state index in [1.165, 1.54) is 0 Å². The summed E-state index contributed by atoms with van der Waals surface area (Å²) >= 11 is 0. The van der Waals surface area contributed by atoms with Crippen LogP contribution in [0.1, 0.15) is 57.3 Å². The number of benzene rings is 1. The highest BCUT2D eigenvalue weighted by atomic mass is 16.2. The zero-order valence-corrected chi connectivity index (χ0v) is 16.7. The lowest BCUT2D eigenvalue weighted by atomic mass is 10.1. The largest absolute Gasteiger partial charge is 0.339 e. The van der Waals surface area contributed by atoms with Crippen LogP contribution >= 0.6 is 0 Å². The molecule has 0 radical (unpaired) electrons. The Morgan fingerprint density at radius 1 is 1.15 bits per heavy atom. The van der Waals surface area contributed by atoms with E-state index >= 15 is 0 Å². The SMILES string of the molecule is CC(C)CCN(CCC(C)C)C(=O)c1ccc2ncn(CCCN)c2c1. The van der Waals surface area contributed by atoms with Crippen molar-refractivity contribution < 1.29 is 4.79 Å². The van der Waals surface area contributed by atoms with Gasteiger partial charge in [0.25, 0.3) is 5.91 Å². The summed E-state index contributed by atoms with van der Waals surface area (Å²) in [5.41, 5.74) is 8.31. The fourth-order valence-corrected chi connectivity index (χ4v) is 2.96. The Labute approximate surface area is 157 Å². The van der Waals surface area contributed by atoms with E-state index < -0.39 is 0 Å². The van der Waals surface area contributed by atoms with Crippen LogP contribution in [0.25, 0.3) is 11.0 Å². The Morgan fingerprint density at radius 3 is 2.38 bits per heavy atom. The van der Waals surface area contributed by atoms with Crippen LogP contribution in [0.2, 0.25) is 0 Å². The van der Waals surface area contributed by atoms with Crippen molar-refractivity contribution in [1.82, 2.24) is 14.5 Å². The average molecular weight is 359 g/mol. The Morgan fingerprint density at radius 2 is 1.81 bits per heavy atom. The molecule has 0 aliphatic rings. The third kappa shape index (κ3) is 5.56. The van der Waals surface area contributed by atoms with Gasteiger partial charge < -0.3 is 15.2 Å². The van der Waals surface area contributed by atoms with E-state index in [0.29, 0.717) is 18.4 Å². The van der Waals surface area contributed by atoms with Gasteiger partial charge in [-0.15, -0.1) is 0 Å². The maximum atomic E-state index is 13.1. The van der Waals surface area contributed by atoms with Crippen LogP contribution in [0, 0.1) is 11.8 Å². The number of hydrogen-bond donors (Lipinski definition) is 1. The molecule has 1 heterocycles. The van der Waals surface area contributed by atoms with Crippen molar-refractivity contribution in [2.75, 3.05) is 19.6 Å². The van der Waals surface area contributed by atoms with Crippen LogP contribution < -0.4 is 5.73 Å². The molecule has 2 aromatic rings. The molecular weight excluding hydrogens is 324 g/mol. The highest BCUT2D eigenvalue weighted by Crippen LogP contribution is 2.18. The fourth-order valence-electron chi connectivity index (χ4n) is 2.96. The zero-order valence-electron chi connectivity index (χ0n) is 16.7. The van der Waals surface area contributed by atoms with Gasteiger partial charge in [0.2, 0.25) is 0 Å². The van der Waals surface area contributed by atoms with Gasteiger partial charge in [0, 0.05) is 25.2 Å². The fraction of sp³-hybridized carbons (Fsp3) is 0.619. The topological polar surface area (TPSA) is 64.2 Å². The second-order valence-electron chi connectivity index (χ2n) is 7.94. The summed E-state index contributed by atoms with van der Waals surface area (Å²) in [4.78, 5) is 19.6. The van der Waals surface area contributed by atoms with Gasteiger partial charge in [-0.2, -0.15) is 0 Å². The minimum absolute atomic E-state index is 0.125. The van der Waals surface area contributed by atoms with Gasteiger partial charge in [0.1, 0.15) is 0 Å². The van der Waals surface area contributed by atoms with Gasteiger partial charge in [-0.05, 0) is 55.8 Å². The number of hydrogen-bond acceptors (Lipinski definition) is 3. The third-order valence-electron chi connectivity index (χ3n) is 4.71. The Bertz CT molecular complexity index is 693. The third-order valence-corrected chi connectivity index (χ3v) is 4.71. The second-order valence-corrected chi connectivity index (χ2v) is 7.94. The molecule has 5 nitrogen and oxygen atoms in total. The first-order chi connectivity index (χ1) is 12.4. The number of carbonyl (C=O) groups is 1. The standard InChI is InChI=1S/C21H34N4O/c1-16(2)8-12-24(13-9-17(3)4)21(26)18-6-7-19-20(14-18)25(15-23-19)11-5-10-22/h6-7,14-17H,5,8-13,22H2,1-4H3. The molecule has 26 heavy (non-hydrogen) atoms. The van der Waals surface area contributed by atoms with Crippen molar-refractivity contribution in [1.29, 1.82) is 0 Å². The van der Waals surface area contributed by atoms with Crippen LogP contribution in [0.5, 0.6) is 0 Å². The summed E-state index contributed by atoms with van der Waals surface area (Å²) in [5, 5.41) is 0. The molecule has 0 aliphatic heterocycles. The number of nitrogens with two attached hydrogens (primary N) is 1. The van der Waals surface area contributed by atoms with Crippen LogP contribution in [0.3, 0.4) is 0 Å². The first-order valence-corrected chi connectivity index (χ1v) is 9.86. The van der Waals surface area contributed by atoms with E-state index in [4.69, 9.17) is 5.73 Å². The number of fused-ring (bicyclic) bond motifs is 1. The van der Waals surface area contributed by atoms with Gasteiger partial charge >= 0.3 is 0 Å². The Balaban J connectivity index is 2.22. The minimum atomic E-state index is 0.125. The van der Waals surface area contributed by atoms with Crippen LogP contribution in [-0.4, -0.2) is 40.0 Å². The maximum absolute atomic E-state index is 13.1. The molecule has 0 fully saturated rings. The van der Waals surface area contributed by atoms with Gasteiger partial charge in [-0.25, -0.2) is 4.98 Å². The summed E-state index contributed by atoms with van der Waals surface area (Å²) in [5.74, 6) is 1.30. The van der Waals surface area contributed by atoms with E-state index in [9.17, 15) is 4.79 Å². The van der Waals surface area contributed by atoms with Crippen molar-refractivity contribution in [2.45, 2.75) is 53.5 Å². The molecule has 0 aliphatic carbocycles. The highest BCUT2D eigenvalue weighted by molar-refractivity contribution is 5.97. The van der Waals surface area contributed by atoms with E-state index in [-0.39, 0.29) is 5.91 Å². The first-order valence-electron chi connectivity index (χ1n) is 9.86. The molecule has 0 spiro atoms. The molecule has 5 heteroatoms. The molecule has 1 aromatic heterocycles. The molecule has 0 saturated carbocycles. The Hall–Kier alpha value is -1.88. The summed E-state index contributed by atoms with van der Waals surface area (Å²) in [6.07, 6.45) is 4.80. The van der Waals surface area contributed by atoms with Crippen LogP contribution in [0.15, 0.2) is 24.5 Å². The van der Waals surface area contributed by atoms with E-state index in [1.807, 2.05) is 29.4 Å². The van der Waals surface area contributed by atoms with Crippen molar-refractivity contribution in [2.24, 2.45) is 17.6 Å². The number of carbonyl (C=O) groups excluding carboxylic acids is 1. The highest BCUT2D eigenvalue weighted by Gasteiger charge is 2.17. The van der Waals surface area contributed by atoms with Gasteiger partial charge in [0.05, 0.1) is 17.4 Å². The van der Waals surface area contributed by atoms with Crippen molar-refractivity contribution in [3.63, 3.8) is 0 Å². The van der Waals surface area contributed by atoms with Crippen molar-refractivity contribution in [3.05, 3.63) is 30.1 Å². The molecule has 0 saturated heterocycles. The molecule has 2 N–H and O–H groups in total. The summed E-state index contributed by atoms with van der Waals surface area (Å²) < 4.78 is 2.09. The van der Waals surface area contributed by atoms with Crippen LogP contribution in [-0.2, 0) is 6.54 Å². The minimum Gasteiger partial charge on any atom is -0.339 e. The van der Waals surface area contributed by atoms with Crippen LogP contribution in [0.4, 0.5) is 0 Å². The molecule has 2 rings (SSSR count). The molecule has 0 unspecified atom stereocenters. The molecule has 0 bridgehead atoms. The van der Waals surface area contributed by atoms with Gasteiger partial charge in [-0.1, -0.05) is 27.7 Å². The lowest BCUT2D eigenvalue weighted by Gasteiger charge is -2.24. The predicted molar refractivity (Wildman–Crippen MR) is 108 cm³/mol. The smallest absolute Gasteiger partial charge is 0.253 e. The second kappa shape index (κ2) is 9.72. The van der Waals surface area contributed by atoms with E-state index in [2.05, 4.69) is 37.2 Å². The van der Waals surface area contributed by atoms with E-state index in [1.54, 1.807) is 0 Å². The number of aromatic nitrogens is 2. The molecule has 1 amide bonds. The van der Waals surface area contributed by atoms with E-state index in [0.717, 1.165) is 55.5 Å². The number of rotatable bonds is 10. The van der Waals surface area contributed by atoms with Gasteiger partial charge in [-0.3, -0.25) is 4.79 Å². The predicted octanol–water partition coefficient (Wildman–Crippen LogP) is 3.92. The van der Waals surface area contributed by atoms with Crippen molar-refractivity contribution >= 4 is 16.9 Å².